The number of hydrogen-bond acceptors (Lipinski definition) is 4. The maximum Gasteiger partial charge on any atom is 0.417 e. The molecule has 0 aliphatic heterocycles. The van der Waals surface area contributed by atoms with Crippen molar-refractivity contribution in [3.05, 3.63) is 28.5 Å². The van der Waals surface area contributed by atoms with Crippen molar-refractivity contribution >= 4 is 17.3 Å². The fourth-order valence-electron chi connectivity index (χ4n) is 1.09. The normalized spacial score (nSPS) is 12.7. The van der Waals surface area contributed by atoms with Gasteiger partial charge in [0, 0.05) is 12.7 Å². The van der Waals surface area contributed by atoms with E-state index in [1.165, 1.54) is 7.11 Å². The van der Waals surface area contributed by atoms with Gasteiger partial charge in [-0.25, -0.2) is 0 Å². The number of oxime groups is 1. The van der Waals surface area contributed by atoms with E-state index in [9.17, 15) is 13.2 Å². The largest absolute Gasteiger partial charge is 0.417 e. The van der Waals surface area contributed by atoms with Gasteiger partial charge in [0.1, 0.15) is 18.5 Å². The molecule has 8 heteroatoms. The van der Waals surface area contributed by atoms with Crippen molar-refractivity contribution in [1.29, 1.82) is 0 Å². The lowest BCUT2D eigenvalue weighted by atomic mass is 10.2. The van der Waals surface area contributed by atoms with Gasteiger partial charge in [-0.15, -0.1) is 0 Å². The Morgan fingerprint density at radius 1 is 1.59 bits per heavy atom. The molecule has 0 saturated carbocycles. The summed E-state index contributed by atoms with van der Waals surface area (Å²) in [7, 11) is 1.29. The highest BCUT2D eigenvalue weighted by Crippen LogP contribution is 2.31. The maximum absolute atomic E-state index is 12.4. The van der Waals surface area contributed by atoms with Gasteiger partial charge >= 0.3 is 6.18 Å². The van der Waals surface area contributed by atoms with Gasteiger partial charge in [-0.2, -0.15) is 13.2 Å². The Labute approximate surface area is 100 Å². The third-order valence-electron chi connectivity index (χ3n) is 1.84. The van der Waals surface area contributed by atoms with Crippen LogP contribution in [0.4, 0.5) is 13.2 Å². The van der Waals surface area contributed by atoms with Crippen LogP contribution in [0.3, 0.4) is 0 Å². The van der Waals surface area contributed by atoms with Crippen molar-refractivity contribution in [2.24, 2.45) is 10.9 Å². The number of pyridine rings is 1. The minimum atomic E-state index is -4.49. The summed E-state index contributed by atoms with van der Waals surface area (Å²) in [5, 5.41) is 3.35. The van der Waals surface area contributed by atoms with Crippen LogP contribution >= 0.6 is 11.6 Å². The highest BCUT2D eigenvalue weighted by molar-refractivity contribution is 6.34. The second-order valence-electron chi connectivity index (χ2n) is 2.98. The van der Waals surface area contributed by atoms with Crippen LogP contribution in [-0.2, 0) is 11.0 Å². The molecule has 0 aliphatic rings. The summed E-state index contributed by atoms with van der Waals surface area (Å²) >= 11 is 5.69. The second kappa shape index (κ2) is 5.33. The number of rotatable bonds is 3. The Balaban J connectivity index is 3.18. The van der Waals surface area contributed by atoms with Gasteiger partial charge in [-0.3, -0.25) is 4.98 Å². The van der Waals surface area contributed by atoms with E-state index >= 15 is 0 Å². The van der Waals surface area contributed by atoms with E-state index in [4.69, 9.17) is 17.3 Å². The van der Waals surface area contributed by atoms with E-state index in [2.05, 4.69) is 15.0 Å². The first-order valence-electron chi connectivity index (χ1n) is 4.43. The molecule has 1 heterocycles. The quantitative estimate of drug-likeness (QED) is 0.674. The minimum absolute atomic E-state index is 0.0497. The summed E-state index contributed by atoms with van der Waals surface area (Å²) in [6, 6.07) is 0.769. The molecule has 0 atom stereocenters. The molecule has 0 aromatic carbocycles. The van der Waals surface area contributed by atoms with Crippen LogP contribution in [0.15, 0.2) is 17.4 Å². The topological polar surface area (TPSA) is 60.5 Å². The number of nitrogens with two attached hydrogens (primary N) is 1. The van der Waals surface area contributed by atoms with Crippen molar-refractivity contribution in [2.75, 3.05) is 13.7 Å². The van der Waals surface area contributed by atoms with Crippen molar-refractivity contribution in [3.8, 4) is 0 Å². The molecular formula is C9H9ClF3N3O. The van der Waals surface area contributed by atoms with Gasteiger partial charge in [-0.1, -0.05) is 16.8 Å². The molecule has 1 rings (SSSR count). The number of halogens is 4. The molecule has 1 aromatic rings. The zero-order valence-electron chi connectivity index (χ0n) is 8.75. The van der Waals surface area contributed by atoms with Gasteiger partial charge < -0.3 is 10.6 Å². The fourth-order valence-corrected chi connectivity index (χ4v) is 1.37. The summed E-state index contributed by atoms with van der Waals surface area (Å²) in [5.41, 5.74) is 4.67. The van der Waals surface area contributed by atoms with E-state index < -0.39 is 11.7 Å². The highest BCUT2D eigenvalue weighted by Gasteiger charge is 2.31. The molecule has 0 amide bonds. The summed E-state index contributed by atoms with van der Waals surface area (Å²) in [6.07, 6.45) is -3.82. The lowest BCUT2D eigenvalue weighted by Crippen LogP contribution is -2.18. The van der Waals surface area contributed by atoms with E-state index in [1.54, 1.807) is 0 Å². The average Bonchev–Trinajstić information content (AvgIpc) is 2.25. The lowest BCUT2D eigenvalue weighted by molar-refractivity contribution is -0.137. The zero-order valence-corrected chi connectivity index (χ0v) is 9.51. The highest BCUT2D eigenvalue weighted by atomic mass is 35.5. The molecule has 1 aromatic heterocycles. The predicted molar refractivity (Wildman–Crippen MR) is 56.8 cm³/mol. The van der Waals surface area contributed by atoms with Gasteiger partial charge in [0.15, 0.2) is 0 Å². The molecule has 0 aliphatic carbocycles. The molecule has 2 N–H and O–H groups in total. The number of aromatic nitrogens is 1. The van der Waals surface area contributed by atoms with E-state index in [1.807, 2.05) is 0 Å². The van der Waals surface area contributed by atoms with Crippen LogP contribution in [0, 0.1) is 0 Å². The van der Waals surface area contributed by atoms with E-state index in [0.717, 1.165) is 6.07 Å². The number of hydrogen-bond donors (Lipinski definition) is 1. The Hall–Kier alpha value is -1.34. The van der Waals surface area contributed by atoms with Crippen molar-refractivity contribution < 1.29 is 18.0 Å². The predicted octanol–water partition coefficient (Wildman–Crippen LogP) is 2.06. The Morgan fingerprint density at radius 2 is 2.24 bits per heavy atom. The molecule has 94 valence electrons. The average molecular weight is 268 g/mol. The fraction of sp³-hybridized carbons (Fsp3) is 0.333. The van der Waals surface area contributed by atoms with Gasteiger partial charge in [-0.05, 0) is 6.07 Å². The van der Waals surface area contributed by atoms with Crippen LogP contribution in [0.2, 0.25) is 5.02 Å². The number of alkyl halides is 3. The summed E-state index contributed by atoms with van der Waals surface area (Å²) in [6.45, 7) is -0.0497. The van der Waals surface area contributed by atoms with Crippen molar-refractivity contribution in [2.45, 2.75) is 6.18 Å². The molecule has 0 saturated heterocycles. The third-order valence-corrected chi connectivity index (χ3v) is 2.12. The molecule has 4 nitrogen and oxygen atoms in total. The van der Waals surface area contributed by atoms with E-state index in [-0.39, 0.29) is 23.0 Å². The zero-order chi connectivity index (χ0) is 13.1. The Morgan fingerprint density at radius 3 is 2.65 bits per heavy atom. The van der Waals surface area contributed by atoms with Crippen LogP contribution in [0.1, 0.15) is 11.3 Å². The van der Waals surface area contributed by atoms with Crippen LogP contribution in [-0.4, -0.2) is 24.4 Å². The summed E-state index contributed by atoms with van der Waals surface area (Å²) in [5.74, 6) is 0. The molecule has 0 spiro atoms. The SMILES string of the molecule is CO/N=C(/CN)c1ncc(C(F)(F)F)cc1Cl. The molecule has 0 fully saturated rings. The van der Waals surface area contributed by atoms with Gasteiger partial charge in [0.2, 0.25) is 0 Å². The van der Waals surface area contributed by atoms with E-state index in [0.29, 0.717) is 6.20 Å². The molecule has 0 radical (unpaired) electrons. The van der Waals surface area contributed by atoms with Crippen molar-refractivity contribution in [3.63, 3.8) is 0 Å². The van der Waals surface area contributed by atoms with Crippen LogP contribution in [0.5, 0.6) is 0 Å². The van der Waals surface area contributed by atoms with Gasteiger partial charge in [0.25, 0.3) is 0 Å². The molecule has 17 heavy (non-hydrogen) atoms. The Bertz CT molecular complexity index is 434. The first kappa shape index (κ1) is 13.7. The lowest BCUT2D eigenvalue weighted by Gasteiger charge is -2.09. The van der Waals surface area contributed by atoms with Crippen molar-refractivity contribution in [1.82, 2.24) is 4.98 Å². The number of nitrogens with zero attached hydrogens (tertiary/aromatic N) is 2. The molecule has 0 unspecified atom stereocenters. The van der Waals surface area contributed by atoms with Gasteiger partial charge in [0.05, 0.1) is 10.6 Å². The first-order valence-corrected chi connectivity index (χ1v) is 4.81. The summed E-state index contributed by atoms with van der Waals surface area (Å²) < 4.78 is 37.1. The monoisotopic (exact) mass is 267 g/mol. The smallest absolute Gasteiger partial charge is 0.399 e. The molecular weight excluding hydrogens is 259 g/mol. The Kier molecular flexibility index (Phi) is 4.30. The van der Waals surface area contributed by atoms with Crippen LogP contribution in [0.25, 0.3) is 0 Å². The molecule has 0 bridgehead atoms. The first-order chi connectivity index (χ1) is 7.90. The summed E-state index contributed by atoms with van der Waals surface area (Å²) in [4.78, 5) is 8.08. The van der Waals surface area contributed by atoms with Crippen LogP contribution < -0.4 is 5.73 Å². The maximum atomic E-state index is 12.4. The third kappa shape index (κ3) is 3.31. The standard InChI is InChI=1S/C9H9ClF3N3O/c1-17-16-7(3-14)8-6(10)2-5(4-15-8)9(11,12)13/h2,4H,3,14H2,1H3/b16-7-. The second-order valence-corrected chi connectivity index (χ2v) is 3.38. The minimum Gasteiger partial charge on any atom is -0.399 e.